The van der Waals surface area contributed by atoms with E-state index in [1.54, 1.807) is 17.2 Å². The first-order valence-electron chi connectivity index (χ1n) is 12.4. The summed E-state index contributed by atoms with van der Waals surface area (Å²) >= 11 is 0. The molecule has 2 N–H and O–H groups in total. The minimum Gasteiger partial charge on any atom is -0.390 e. The van der Waals surface area contributed by atoms with Gasteiger partial charge in [-0.3, -0.25) is 0 Å². The van der Waals surface area contributed by atoms with Crippen molar-refractivity contribution in [1.29, 1.82) is 5.26 Å². The Labute approximate surface area is 210 Å². The second-order valence-corrected chi connectivity index (χ2v) is 10.1. The van der Waals surface area contributed by atoms with Crippen LogP contribution in [0.4, 0.5) is 27.8 Å². The van der Waals surface area contributed by atoms with Crippen molar-refractivity contribution in [1.82, 2.24) is 19.9 Å². The van der Waals surface area contributed by atoms with Crippen LogP contribution in [0, 0.1) is 11.3 Å². The van der Waals surface area contributed by atoms with Gasteiger partial charge in [-0.25, -0.2) is 19.3 Å². The molecule has 5 rings (SSSR count). The van der Waals surface area contributed by atoms with Crippen LogP contribution in [0.2, 0.25) is 0 Å². The molecule has 9 nitrogen and oxygen atoms in total. The molecule has 2 fully saturated rings. The average Bonchev–Trinajstić information content (AvgIpc) is 2.85. The standard InChI is InChI=1S/C26H31FN8O/c1-16(4-8-28)19-13-31-24(35-11-6-17(35)2)20-14-30-23(12-18(19)20)32-22-5-9-29-25(33-22)34-10-7-21(36)26(3,27)15-34/h5,9,12-14,16-17,21,36H,4,6-7,10-11,15H2,1-3H3,(H,29,30,32,33)/t16-,17-,21-,26+/m1/s1. The van der Waals surface area contributed by atoms with E-state index in [1.807, 2.05) is 25.4 Å². The van der Waals surface area contributed by atoms with Crippen molar-refractivity contribution in [2.75, 3.05) is 34.8 Å². The molecule has 4 atom stereocenters. The first kappa shape index (κ1) is 24.1. The monoisotopic (exact) mass is 490 g/mol. The van der Waals surface area contributed by atoms with Crippen LogP contribution in [-0.4, -0.2) is 62.5 Å². The van der Waals surface area contributed by atoms with Gasteiger partial charge in [0.25, 0.3) is 0 Å². The van der Waals surface area contributed by atoms with Gasteiger partial charge >= 0.3 is 0 Å². The van der Waals surface area contributed by atoms with Crippen molar-refractivity contribution in [2.24, 2.45) is 0 Å². The lowest BCUT2D eigenvalue weighted by Crippen LogP contribution is -2.52. The summed E-state index contributed by atoms with van der Waals surface area (Å²) in [6, 6.07) is 6.41. The maximum atomic E-state index is 14.7. The van der Waals surface area contributed by atoms with E-state index in [-0.39, 0.29) is 12.5 Å². The van der Waals surface area contributed by atoms with Crippen LogP contribution in [0.25, 0.3) is 10.8 Å². The van der Waals surface area contributed by atoms with Gasteiger partial charge in [-0.2, -0.15) is 10.2 Å². The van der Waals surface area contributed by atoms with Gasteiger partial charge in [0.1, 0.15) is 17.5 Å². The maximum Gasteiger partial charge on any atom is 0.227 e. The number of alkyl halides is 1. The number of piperidine rings is 1. The number of rotatable bonds is 6. The van der Waals surface area contributed by atoms with Gasteiger partial charge in [0.2, 0.25) is 5.95 Å². The fourth-order valence-corrected chi connectivity index (χ4v) is 4.92. The fraction of sp³-hybridized carbons (Fsp3) is 0.500. The van der Waals surface area contributed by atoms with Crippen LogP contribution in [0.5, 0.6) is 0 Å². The van der Waals surface area contributed by atoms with Gasteiger partial charge in [0.15, 0.2) is 5.67 Å². The van der Waals surface area contributed by atoms with Crippen LogP contribution in [0.15, 0.2) is 30.7 Å². The highest BCUT2D eigenvalue weighted by Crippen LogP contribution is 2.36. The molecule has 2 aliphatic heterocycles. The molecule has 5 heterocycles. The van der Waals surface area contributed by atoms with Gasteiger partial charge in [0, 0.05) is 49.5 Å². The van der Waals surface area contributed by atoms with Gasteiger partial charge in [-0.15, -0.1) is 0 Å². The Morgan fingerprint density at radius 1 is 1.22 bits per heavy atom. The highest BCUT2D eigenvalue weighted by atomic mass is 19.1. The first-order chi connectivity index (χ1) is 17.3. The number of fused-ring (bicyclic) bond motifs is 1. The summed E-state index contributed by atoms with van der Waals surface area (Å²) in [5.74, 6) is 2.49. The minimum absolute atomic E-state index is 0.0245. The van der Waals surface area contributed by atoms with Gasteiger partial charge in [-0.1, -0.05) is 6.92 Å². The van der Waals surface area contributed by atoms with Crippen molar-refractivity contribution in [2.45, 2.75) is 63.8 Å². The van der Waals surface area contributed by atoms with Gasteiger partial charge < -0.3 is 20.2 Å². The summed E-state index contributed by atoms with van der Waals surface area (Å²) in [5.41, 5.74) is -0.715. The molecule has 0 saturated carbocycles. The number of anilines is 4. The molecule has 0 spiro atoms. The number of nitrogens with one attached hydrogen (secondary N) is 1. The molecule has 0 radical (unpaired) electrons. The third-order valence-electron chi connectivity index (χ3n) is 7.35. The number of nitrogens with zero attached hydrogens (tertiary/aromatic N) is 7. The molecule has 3 aromatic rings. The SMILES string of the molecule is C[C@H](CC#N)c1cnc(N2CC[C@H]2C)c2cnc(Nc3ccnc(N4CC[C@@H](O)[C@@](C)(F)C4)n3)cc12. The summed E-state index contributed by atoms with van der Waals surface area (Å²) in [5, 5.41) is 24.4. The average molecular weight is 491 g/mol. The third-order valence-corrected chi connectivity index (χ3v) is 7.35. The molecule has 10 heteroatoms. The second kappa shape index (κ2) is 9.47. The summed E-state index contributed by atoms with van der Waals surface area (Å²) in [4.78, 5) is 22.3. The number of aliphatic hydroxyl groups excluding tert-OH is 1. The van der Waals surface area contributed by atoms with Gasteiger partial charge in [0.05, 0.1) is 18.7 Å². The first-order valence-corrected chi connectivity index (χ1v) is 12.4. The minimum atomic E-state index is -1.72. The molecule has 0 aromatic carbocycles. The molecule has 188 valence electrons. The quantitative estimate of drug-likeness (QED) is 0.527. The van der Waals surface area contributed by atoms with E-state index in [2.05, 4.69) is 38.2 Å². The lowest BCUT2D eigenvalue weighted by molar-refractivity contribution is -0.00860. The Hall–Kier alpha value is -3.58. The normalized spacial score (nSPS) is 24.8. The fourth-order valence-electron chi connectivity index (χ4n) is 4.92. The molecule has 3 aromatic heterocycles. The smallest absolute Gasteiger partial charge is 0.227 e. The van der Waals surface area contributed by atoms with Crippen LogP contribution in [0.3, 0.4) is 0 Å². The summed E-state index contributed by atoms with van der Waals surface area (Å²) in [6.45, 7) is 7.09. The maximum absolute atomic E-state index is 14.7. The van der Waals surface area contributed by atoms with E-state index < -0.39 is 11.8 Å². The highest BCUT2D eigenvalue weighted by molar-refractivity contribution is 5.96. The topological polar surface area (TPSA) is 114 Å². The molecule has 0 amide bonds. The number of hydrogen-bond donors (Lipinski definition) is 2. The molecule has 0 unspecified atom stereocenters. The zero-order valence-corrected chi connectivity index (χ0v) is 20.8. The molecular formula is C26H31FN8O. The van der Waals surface area contributed by atoms with Crippen molar-refractivity contribution in [3.63, 3.8) is 0 Å². The number of aromatic nitrogens is 4. The van der Waals surface area contributed by atoms with E-state index in [4.69, 9.17) is 4.98 Å². The van der Waals surface area contributed by atoms with Crippen molar-refractivity contribution < 1.29 is 9.50 Å². The summed E-state index contributed by atoms with van der Waals surface area (Å²) in [7, 11) is 0. The predicted octanol–water partition coefficient (Wildman–Crippen LogP) is 4.08. The molecule has 2 aliphatic rings. The number of pyridine rings is 2. The lowest BCUT2D eigenvalue weighted by Gasteiger charge is -2.40. The largest absolute Gasteiger partial charge is 0.390 e. The molecule has 2 saturated heterocycles. The third kappa shape index (κ3) is 4.51. The lowest BCUT2D eigenvalue weighted by atomic mass is 9.94. The molecule has 36 heavy (non-hydrogen) atoms. The molecular weight excluding hydrogens is 459 g/mol. The Morgan fingerprint density at radius 3 is 2.75 bits per heavy atom. The van der Waals surface area contributed by atoms with Crippen molar-refractivity contribution in [3.8, 4) is 6.07 Å². The summed E-state index contributed by atoms with van der Waals surface area (Å²) < 4.78 is 14.7. The van der Waals surface area contributed by atoms with Gasteiger partial charge in [-0.05, 0) is 55.7 Å². The number of nitriles is 1. The van der Waals surface area contributed by atoms with Crippen LogP contribution >= 0.6 is 0 Å². The van der Waals surface area contributed by atoms with Crippen LogP contribution in [0.1, 0.15) is 51.5 Å². The Morgan fingerprint density at radius 2 is 2.06 bits per heavy atom. The van der Waals surface area contributed by atoms with E-state index >= 15 is 0 Å². The highest BCUT2D eigenvalue weighted by Gasteiger charge is 2.39. The Bertz CT molecular complexity index is 1310. The predicted molar refractivity (Wildman–Crippen MR) is 137 cm³/mol. The van der Waals surface area contributed by atoms with E-state index in [0.29, 0.717) is 43.0 Å². The summed E-state index contributed by atoms with van der Waals surface area (Å²) in [6.07, 6.45) is 6.20. The molecule has 0 aliphatic carbocycles. The Kier molecular flexibility index (Phi) is 6.35. The zero-order valence-electron chi connectivity index (χ0n) is 20.8. The van der Waals surface area contributed by atoms with Crippen LogP contribution in [-0.2, 0) is 0 Å². The number of halogens is 1. The van der Waals surface area contributed by atoms with Crippen molar-refractivity contribution in [3.05, 3.63) is 36.3 Å². The number of hydrogen-bond acceptors (Lipinski definition) is 9. The van der Waals surface area contributed by atoms with E-state index in [0.717, 1.165) is 35.1 Å². The molecule has 0 bridgehead atoms. The Balaban J connectivity index is 1.46. The van der Waals surface area contributed by atoms with Crippen molar-refractivity contribution >= 4 is 34.2 Å². The van der Waals surface area contributed by atoms with Crippen LogP contribution < -0.4 is 15.1 Å². The number of aliphatic hydroxyl groups is 1. The zero-order chi connectivity index (χ0) is 25.4. The second-order valence-electron chi connectivity index (χ2n) is 10.1. The van der Waals surface area contributed by atoms with E-state index in [9.17, 15) is 14.8 Å². The van der Waals surface area contributed by atoms with E-state index in [1.165, 1.54) is 6.92 Å².